The fourth-order valence-corrected chi connectivity index (χ4v) is 2.43. The summed E-state index contributed by atoms with van der Waals surface area (Å²) in [6.45, 7) is 2.13. The van der Waals surface area contributed by atoms with Gasteiger partial charge in [0, 0.05) is 13.1 Å². The van der Waals surface area contributed by atoms with E-state index in [0.717, 1.165) is 0 Å². The zero-order valence-corrected chi connectivity index (χ0v) is 11.2. The molecule has 5 nitrogen and oxygen atoms in total. The molecule has 2 rings (SSSR count). The van der Waals surface area contributed by atoms with Crippen LogP contribution < -0.4 is 5.32 Å². The van der Waals surface area contributed by atoms with Gasteiger partial charge < -0.3 is 15.3 Å². The Balaban J connectivity index is 2.00. The molecule has 0 spiro atoms. The van der Waals surface area contributed by atoms with Gasteiger partial charge in [-0.2, -0.15) is 0 Å². The molecule has 1 aromatic rings. The van der Waals surface area contributed by atoms with Crippen molar-refractivity contribution >= 4 is 12.0 Å². The molecule has 1 heterocycles. The summed E-state index contributed by atoms with van der Waals surface area (Å²) in [4.78, 5) is 24.7. The van der Waals surface area contributed by atoms with Gasteiger partial charge in [0.25, 0.3) is 0 Å². The van der Waals surface area contributed by atoms with Crippen LogP contribution in [0.3, 0.4) is 0 Å². The number of carboxylic acids is 1. The lowest BCUT2D eigenvalue weighted by atomic mass is 10.00. The number of carbonyl (C=O) groups is 2. The van der Waals surface area contributed by atoms with Crippen molar-refractivity contribution in [2.45, 2.75) is 31.8 Å². The molecular formula is C14H17FN2O3. The number of urea groups is 1. The third kappa shape index (κ3) is 2.74. The average Bonchev–Trinajstić information content (AvgIpc) is 2.80. The lowest BCUT2D eigenvalue weighted by molar-refractivity contribution is -0.147. The quantitative estimate of drug-likeness (QED) is 0.889. The van der Waals surface area contributed by atoms with Crippen LogP contribution in [0.1, 0.15) is 25.3 Å². The Bertz CT molecular complexity index is 535. The van der Waals surface area contributed by atoms with Crippen molar-refractivity contribution in [2.24, 2.45) is 0 Å². The molecule has 2 N–H and O–H groups in total. The minimum Gasteiger partial charge on any atom is -0.480 e. The number of aliphatic carboxylic acids is 1. The van der Waals surface area contributed by atoms with Crippen molar-refractivity contribution in [3.05, 3.63) is 35.6 Å². The maximum atomic E-state index is 13.0. The van der Waals surface area contributed by atoms with Gasteiger partial charge in [0.2, 0.25) is 0 Å². The zero-order valence-electron chi connectivity index (χ0n) is 11.2. The maximum Gasteiger partial charge on any atom is 0.329 e. The molecule has 0 radical (unpaired) electrons. The van der Waals surface area contributed by atoms with E-state index in [1.54, 1.807) is 19.1 Å². The predicted molar refractivity (Wildman–Crippen MR) is 70.6 cm³/mol. The van der Waals surface area contributed by atoms with E-state index in [-0.39, 0.29) is 12.4 Å². The summed E-state index contributed by atoms with van der Waals surface area (Å²) in [5.41, 5.74) is -0.527. The summed E-state index contributed by atoms with van der Waals surface area (Å²) >= 11 is 0. The standard InChI is InChI=1S/C14H17FN2O3/c1-14(12(18)19)6-3-7-17(14)13(20)16-9-10-4-2-5-11(15)8-10/h2,4-5,8H,3,6-7,9H2,1H3,(H,16,20)(H,18,19). The highest BCUT2D eigenvalue weighted by Gasteiger charge is 2.45. The number of carbonyl (C=O) groups excluding carboxylic acids is 1. The molecule has 108 valence electrons. The normalized spacial score (nSPS) is 21.8. The number of hydrogen-bond donors (Lipinski definition) is 2. The first kappa shape index (κ1) is 14.3. The number of carboxylic acid groups (broad SMARTS) is 1. The second kappa shape index (κ2) is 5.48. The monoisotopic (exact) mass is 280 g/mol. The molecule has 0 saturated carbocycles. The number of nitrogens with zero attached hydrogens (tertiary/aromatic N) is 1. The van der Waals surface area contributed by atoms with Gasteiger partial charge >= 0.3 is 12.0 Å². The van der Waals surface area contributed by atoms with E-state index in [4.69, 9.17) is 0 Å². The van der Waals surface area contributed by atoms with Gasteiger partial charge in [-0.3, -0.25) is 0 Å². The van der Waals surface area contributed by atoms with Crippen LogP contribution >= 0.6 is 0 Å². The SMILES string of the molecule is CC1(C(=O)O)CCCN1C(=O)NCc1cccc(F)c1. The van der Waals surface area contributed by atoms with Crippen LogP contribution in [-0.2, 0) is 11.3 Å². The van der Waals surface area contributed by atoms with Crippen LogP contribution in [0.25, 0.3) is 0 Å². The molecule has 1 aliphatic heterocycles. The summed E-state index contributed by atoms with van der Waals surface area (Å²) in [5.74, 6) is -1.37. The van der Waals surface area contributed by atoms with Crippen LogP contribution in [0.15, 0.2) is 24.3 Å². The van der Waals surface area contributed by atoms with E-state index in [9.17, 15) is 19.1 Å². The fourth-order valence-electron chi connectivity index (χ4n) is 2.43. The van der Waals surface area contributed by atoms with Crippen molar-refractivity contribution < 1.29 is 19.1 Å². The fraction of sp³-hybridized carbons (Fsp3) is 0.429. The summed E-state index contributed by atoms with van der Waals surface area (Å²) in [7, 11) is 0. The molecule has 0 bridgehead atoms. The largest absolute Gasteiger partial charge is 0.480 e. The Morgan fingerprint density at radius 2 is 2.25 bits per heavy atom. The van der Waals surface area contributed by atoms with Crippen LogP contribution in [0.4, 0.5) is 9.18 Å². The van der Waals surface area contributed by atoms with Crippen molar-refractivity contribution in [1.29, 1.82) is 0 Å². The van der Waals surface area contributed by atoms with Gasteiger partial charge in [-0.05, 0) is 37.5 Å². The highest BCUT2D eigenvalue weighted by atomic mass is 19.1. The molecule has 1 aromatic carbocycles. The molecule has 1 atom stereocenters. The topological polar surface area (TPSA) is 69.6 Å². The number of benzene rings is 1. The van der Waals surface area contributed by atoms with E-state index in [1.165, 1.54) is 17.0 Å². The Morgan fingerprint density at radius 1 is 1.50 bits per heavy atom. The van der Waals surface area contributed by atoms with Crippen molar-refractivity contribution in [1.82, 2.24) is 10.2 Å². The highest BCUT2D eigenvalue weighted by Crippen LogP contribution is 2.29. The first-order valence-electron chi connectivity index (χ1n) is 6.47. The smallest absolute Gasteiger partial charge is 0.329 e. The van der Waals surface area contributed by atoms with E-state index in [0.29, 0.717) is 24.9 Å². The van der Waals surface area contributed by atoms with Gasteiger partial charge in [-0.25, -0.2) is 14.0 Å². The maximum absolute atomic E-state index is 13.0. The Morgan fingerprint density at radius 3 is 2.90 bits per heavy atom. The van der Waals surface area contributed by atoms with Crippen LogP contribution in [-0.4, -0.2) is 34.1 Å². The van der Waals surface area contributed by atoms with Gasteiger partial charge in [0.15, 0.2) is 0 Å². The second-order valence-electron chi connectivity index (χ2n) is 5.12. The van der Waals surface area contributed by atoms with Crippen LogP contribution in [0.2, 0.25) is 0 Å². The number of likely N-dealkylation sites (tertiary alicyclic amines) is 1. The molecule has 1 fully saturated rings. The van der Waals surface area contributed by atoms with Crippen molar-refractivity contribution in [3.63, 3.8) is 0 Å². The molecule has 1 unspecified atom stereocenters. The molecule has 1 aliphatic rings. The van der Waals surface area contributed by atoms with Gasteiger partial charge in [-0.15, -0.1) is 0 Å². The lowest BCUT2D eigenvalue weighted by Gasteiger charge is -2.31. The van der Waals surface area contributed by atoms with E-state index >= 15 is 0 Å². The van der Waals surface area contributed by atoms with Crippen molar-refractivity contribution in [2.75, 3.05) is 6.54 Å². The summed E-state index contributed by atoms with van der Waals surface area (Å²) in [6.07, 6.45) is 1.10. The Labute approximate surface area is 116 Å². The van der Waals surface area contributed by atoms with E-state index in [1.807, 2.05) is 0 Å². The zero-order chi connectivity index (χ0) is 14.8. The summed E-state index contributed by atoms with van der Waals surface area (Å²) < 4.78 is 13.0. The van der Waals surface area contributed by atoms with E-state index < -0.39 is 17.5 Å². The van der Waals surface area contributed by atoms with E-state index in [2.05, 4.69) is 5.32 Å². The molecule has 2 amide bonds. The first-order valence-corrected chi connectivity index (χ1v) is 6.47. The van der Waals surface area contributed by atoms with Gasteiger partial charge in [-0.1, -0.05) is 12.1 Å². The summed E-state index contributed by atoms with van der Waals surface area (Å²) in [5, 5.41) is 11.9. The third-order valence-corrected chi connectivity index (χ3v) is 3.68. The minimum atomic E-state index is -1.16. The van der Waals surface area contributed by atoms with Crippen LogP contribution in [0.5, 0.6) is 0 Å². The number of rotatable bonds is 3. The third-order valence-electron chi connectivity index (χ3n) is 3.68. The van der Waals surface area contributed by atoms with Crippen molar-refractivity contribution in [3.8, 4) is 0 Å². The lowest BCUT2D eigenvalue weighted by Crippen LogP contribution is -2.53. The average molecular weight is 280 g/mol. The Kier molecular flexibility index (Phi) is 3.92. The number of nitrogens with one attached hydrogen (secondary N) is 1. The van der Waals surface area contributed by atoms with Gasteiger partial charge in [0.05, 0.1) is 0 Å². The highest BCUT2D eigenvalue weighted by molar-refractivity contribution is 5.86. The van der Waals surface area contributed by atoms with Gasteiger partial charge in [0.1, 0.15) is 11.4 Å². The van der Waals surface area contributed by atoms with Crippen LogP contribution in [0, 0.1) is 5.82 Å². The molecule has 6 heteroatoms. The predicted octanol–water partition coefficient (Wildman–Crippen LogP) is 1.97. The first-order chi connectivity index (χ1) is 9.43. The minimum absolute atomic E-state index is 0.169. The molecule has 0 aliphatic carbocycles. The molecule has 1 saturated heterocycles. The molecule has 0 aromatic heterocycles. The number of halogens is 1. The molecular weight excluding hydrogens is 263 g/mol. The number of amides is 2. The summed E-state index contributed by atoms with van der Waals surface area (Å²) in [6, 6.07) is 5.49. The Hall–Kier alpha value is -2.11. The molecule has 20 heavy (non-hydrogen) atoms. The number of hydrogen-bond acceptors (Lipinski definition) is 2. The second-order valence-corrected chi connectivity index (χ2v) is 5.12.